The topological polar surface area (TPSA) is 17.1 Å². The first-order valence-electron chi connectivity index (χ1n) is 9.43. The lowest BCUT2D eigenvalue weighted by molar-refractivity contribution is -0.152. The average Bonchev–Trinajstić information content (AvgIpc) is 2.65. The number of hydrogen-bond acceptors (Lipinski definition) is 1. The van der Waals surface area contributed by atoms with Crippen molar-refractivity contribution in [1.29, 1.82) is 0 Å². The highest BCUT2D eigenvalue weighted by Gasteiger charge is 2.39. The number of alkyl halides is 6. The van der Waals surface area contributed by atoms with E-state index in [2.05, 4.69) is 0 Å². The second kappa shape index (κ2) is 11.1. The highest BCUT2D eigenvalue weighted by molar-refractivity contribution is 6.48. The molecule has 1 nitrogen and oxygen atoms in total. The first-order valence-corrected chi connectivity index (χ1v) is 10.6. The molecular weight excluding hydrogens is 520 g/mol. The highest BCUT2D eigenvalue weighted by Crippen LogP contribution is 2.41. The average molecular weight is 536 g/mol. The second-order valence-corrected chi connectivity index (χ2v) is 8.40. The normalized spacial score (nSPS) is 13.5. The summed E-state index contributed by atoms with van der Waals surface area (Å²) in [6, 6.07) is 5.76. The fraction of sp³-hybridized carbons (Fsp3) is 0.318. The van der Waals surface area contributed by atoms with Gasteiger partial charge in [-0.1, -0.05) is 59.1 Å². The Morgan fingerprint density at radius 2 is 1.58 bits per heavy atom. The number of halogens is 10. The standard InChI is InChI=1S/C22H16Cl3F7O/c23-17-9-14(10-18(24)20(17)25)16(22(30,31)32)7-5-12-4-6-13(19(26)8-12)2-1-3-15(33)11-21(27,28)29/h4-10,16H,1-3,11H2/b7-5+. The molecule has 1 unspecified atom stereocenters. The molecule has 0 amide bonds. The SMILES string of the molecule is O=C(CCCc1ccc(/C=C/C(c2cc(Cl)c(Cl)c(Cl)c2)C(F)(F)F)cc1F)CC(F)(F)F. The number of Topliss-reactive ketones (excluding diaryl/α,β-unsaturated/α-hetero) is 1. The molecule has 0 saturated heterocycles. The number of allylic oxidation sites excluding steroid dienone is 1. The summed E-state index contributed by atoms with van der Waals surface area (Å²) in [5.41, 5.74) is 0.0131. The molecule has 2 aromatic carbocycles. The van der Waals surface area contributed by atoms with Crippen LogP contribution in [-0.4, -0.2) is 18.1 Å². The molecule has 0 bridgehead atoms. The van der Waals surface area contributed by atoms with Gasteiger partial charge in [0.25, 0.3) is 0 Å². The van der Waals surface area contributed by atoms with E-state index in [1.807, 2.05) is 0 Å². The maximum absolute atomic E-state index is 14.3. The van der Waals surface area contributed by atoms with Gasteiger partial charge < -0.3 is 0 Å². The minimum atomic E-state index is -4.70. The molecular formula is C22H16Cl3F7O. The minimum Gasteiger partial charge on any atom is -0.299 e. The third-order valence-corrected chi connectivity index (χ3v) is 5.77. The summed E-state index contributed by atoms with van der Waals surface area (Å²) in [4.78, 5) is 11.3. The van der Waals surface area contributed by atoms with E-state index in [0.717, 1.165) is 30.4 Å². The van der Waals surface area contributed by atoms with Crippen LogP contribution < -0.4 is 0 Å². The van der Waals surface area contributed by atoms with E-state index >= 15 is 0 Å². The highest BCUT2D eigenvalue weighted by atomic mass is 35.5. The predicted molar refractivity (Wildman–Crippen MR) is 114 cm³/mol. The molecule has 0 aliphatic carbocycles. The molecule has 33 heavy (non-hydrogen) atoms. The second-order valence-electron chi connectivity index (χ2n) is 7.21. The number of carbonyl (C=O) groups is 1. The van der Waals surface area contributed by atoms with Gasteiger partial charge in [0.05, 0.1) is 21.0 Å². The summed E-state index contributed by atoms with van der Waals surface area (Å²) >= 11 is 17.4. The van der Waals surface area contributed by atoms with Crippen molar-refractivity contribution in [2.24, 2.45) is 0 Å². The molecule has 0 aliphatic rings. The van der Waals surface area contributed by atoms with Crippen molar-refractivity contribution in [2.45, 2.75) is 44.0 Å². The van der Waals surface area contributed by atoms with Crippen LogP contribution in [0, 0.1) is 5.82 Å². The molecule has 2 aromatic rings. The molecule has 0 radical (unpaired) electrons. The Morgan fingerprint density at radius 1 is 0.970 bits per heavy atom. The summed E-state index contributed by atoms with van der Waals surface area (Å²) < 4.78 is 91.5. The van der Waals surface area contributed by atoms with Crippen LogP contribution in [0.5, 0.6) is 0 Å². The van der Waals surface area contributed by atoms with Crippen molar-refractivity contribution in [3.63, 3.8) is 0 Å². The molecule has 0 heterocycles. The summed E-state index contributed by atoms with van der Waals surface area (Å²) in [5, 5.41) is -0.374. The predicted octanol–water partition coefficient (Wildman–Crippen LogP) is 8.99. The van der Waals surface area contributed by atoms with Crippen LogP contribution in [0.2, 0.25) is 15.1 Å². The Bertz CT molecular complexity index is 1010. The smallest absolute Gasteiger partial charge is 0.299 e. The monoisotopic (exact) mass is 534 g/mol. The van der Waals surface area contributed by atoms with Gasteiger partial charge in [0.15, 0.2) is 0 Å². The van der Waals surface area contributed by atoms with E-state index in [0.29, 0.717) is 0 Å². The molecule has 0 N–H and O–H groups in total. The quantitative estimate of drug-likeness (QED) is 0.243. The van der Waals surface area contributed by atoms with E-state index in [1.165, 1.54) is 12.1 Å². The number of ketones is 1. The summed E-state index contributed by atoms with van der Waals surface area (Å²) in [6.45, 7) is 0. The molecule has 0 aromatic heterocycles. The molecule has 2 rings (SSSR count). The van der Waals surface area contributed by atoms with Gasteiger partial charge in [-0.15, -0.1) is 0 Å². The molecule has 1 atom stereocenters. The molecule has 0 saturated carbocycles. The van der Waals surface area contributed by atoms with Crippen LogP contribution in [0.25, 0.3) is 6.08 Å². The van der Waals surface area contributed by atoms with Gasteiger partial charge in [-0.25, -0.2) is 4.39 Å². The van der Waals surface area contributed by atoms with Gasteiger partial charge in [0.1, 0.15) is 18.0 Å². The van der Waals surface area contributed by atoms with Crippen molar-refractivity contribution in [3.05, 3.63) is 74.0 Å². The van der Waals surface area contributed by atoms with Gasteiger partial charge in [-0.05, 0) is 47.7 Å². The van der Waals surface area contributed by atoms with Crippen LogP contribution >= 0.6 is 34.8 Å². The summed E-state index contributed by atoms with van der Waals surface area (Å²) in [6.07, 6.45) is -9.27. The molecule has 0 fully saturated rings. The maximum Gasteiger partial charge on any atom is 0.399 e. The molecule has 0 spiro atoms. The zero-order valence-electron chi connectivity index (χ0n) is 16.6. The zero-order valence-corrected chi connectivity index (χ0v) is 18.9. The Balaban J connectivity index is 2.13. The van der Waals surface area contributed by atoms with Crippen LogP contribution in [0.15, 0.2) is 36.4 Å². The van der Waals surface area contributed by atoms with Gasteiger partial charge in [0.2, 0.25) is 0 Å². The number of aryl methyl sites for hydroxylation is 1. The van der Waals surface area contributed by atoms with Gasteiger partial charge in [-0.2, -0.15) is 26.3 Å². The van der Waals surface area contributed by atoms with Crippen molar-refractivity contribution >= 4 is 46.7 Å². The van der Waals surface area contributed by atoms with E-state index in [9.17, 15) is 35.5 Å². The lowest BCUT2D eigenvalue weighted by Gasteiger charge is -2.18. The number of rotatable bonds is 8. The molecule has 180 valence electrons. The minimum absolute atomic E-state index is 0.00632. The van der Waals surface area contributed by atoms with Crippen molar-refractivity contribution in [1.82, 2.24) is 0 Å². The van der Waals surface area contributed by atoms with Crippen LogP contribution in [-0.2, 0) is 11.2 Å². The Hall–Kier alpha value is -1.77. The third kappa shape index (κ3) is 8.50. The molecule has 11 heteroatoms. The number of carbonyl (C=O) groups excluding carboxylic acids is 1. The number of hydrogen-bond donors (Lipinski definition) is 0. The lowest BCUT2D eigenvalue weighted by atomic mass is 9.96. The van der Waals surface area contributed by atoms with E-state index in [4.69, 9.17) is 34.8 Å². The van der Waals surface area contributed by atoms with Crippen LogP contribution in [0.4, 0.5) is 30.7 Å². The van der Waals surface area contributed by atoms with E-state index < -0.39 is 36.3 Å². The van der Waals surface area contributed by atoms with Gasteiger partial charge in [0, 0.05) is 6.42 Å². The number of benzene rings is 2. The zero-order chi connectivity index (χ0) is 25.0. The van der Waals surface area contributed by atoms with Gasteiger partial charge >= 0.3 is 12.4 Å². The van der Waals surface area contributed by atoms with Crippen molar-refractivity contribution in [3.8, 4) is 0 Å². The Morgan fingerprint density at radius 3 is 2.09 bits per heavy atom. The van der Waals surface area contributed by atoms with E-state index in [1.54, 1.807) is 0 Å². The Labute approximate surface area is 200 Å². The summed E-state index contributed by atoms with van der Waals surface area (Å²) in [5.74, 6) is -3.84. The van der Waals surface area contributed by atoms with Crippen LogP contribution in [0.1, 0.15) is 41.9 Å². The Kier molecular flexibility index (Phi) is 9.24. The summed E-state index contributed by atoms with van der Waals surface area (Å²) in [7, 11) is 0. The first-order chi connectivity index (χ1) is 15.2. The fourth-order valence-corrected chi connectivity index (χ4v) is 3.64. The fourth-order valence-electron chi connectivity index (χ4n) is 3.03. The lowest BCUT2D eigenvalue weighted by Crippen LogP contribution is -2.19. The van der Waals surface area contributed by atoms with Crippen molar-refractivity contribution < 1.29 is 35.5 Å². The van der Waals surface area contributed by atoms with Gasteiger partial charge in [-0.3, -0.25) is 4.79 Å². The van der Waals surface area contributed by atoms with Crippen LogP contribution in [0.3, 0.4) is 0 Å². The first kappa shape index (κ1) is 27.5. The molecule has 0 aliphatic heterocycles. The largest absolute Gasteiger partial charge is 0.399 e. The third-order valence-electron chi connectivity index (χ3n) is 4.58. The van der Waals surface area contributed by atoms with Crippen molar-refractivity contribution in [2.75, 3.05) is 0 Å². The van der Waals surface area contributed by atoms with E-state index in [-0.39, 0.29) is 51.0 Å². The maximum atomic E-state index is 14.3.